The average molecular weight is 790 g/mol. The van der Waals surface area contributed by atoms with Crippen molar-refractivity contribution in [2.24, 2.45) is 0 Å². The number of fused-ring (bicyclic) bond motifs is 2. The summed E-state index contributed by atoms with van der Waals surface area (Å²) in [5.74, 6) is -1.57. The van der Waals surface area contributed by atoms with Crippen LogP contribution in [-0.2, 0) is 15.6 Å². The summed E-state index contributed by atoms with van der Waals surface area (Å²) in [7, 11) is 16.7. The second kappa shape index (κ2) is 10.6. The first-order valence-corrected chi connectivity index (χ1v) is 31.6. The van der Waals surface area contributed by atoms with Gasteiger partial charge in [-0.25, -0.2) is 0 Å². The van der Waals surface area contributed by atoms with E-state index in [2.05, 4.69) is 156 Å². The molecule has 0 spiro atoms. The molecule has 0 saturated carbocycles. The molecule has 0 aliphatic heterocycles. The van der Waals surface area contributed by atoms with Crippen LogP contribution in [0.1, 0.15) is 43.4 Å². The molecule has 0 N–H and O–H groups in total. The van der Waals surface area contributed by atoms with Crippen molar-refractivity contribution in [2.45, 2.75) is 34.2 Å². The molecule has 0 amide bonds. The van der Waals surface area contributed by atoms with Crippen LogP contribution >= 0.6 is 48.9 Å². The molecule has 6 heteroatoms. The van der Waals surface area contributed by atoms with Crippen molar-refractivity contribution in [3.05, 3.63) is 127 Å². The Kier molecular flexibility index (Phi) is 7.72. The second-order valence-electron chi connectivity index (χ2n) is 11.7. The molecule has 0 aromatic heterocycles. The van der Waals surface area contributed by atoms with Gasteiger partial charge >= 0.3 is 266 Å². The minimum absolute atomic E-state index is 0.0902. The van der Waals surface area contributed by atoms with Crippen molar-refractivity contribution in [2.75, 3.05) is 0 Å². The summed E-state index contributed by atoms with van der Waals surface area (Å²) in [5, 5.41) is 0. The topological polar surface area (TPSA) is 0 Å². The van der Waals surface area contributed by atoms with Gasteiger partial charge in [0.15, 0.2) is 0 Å². The van der Waals surface area contributed by atoms with Gasteiger partial charge in [0.05, 0.1) is 0 Å². The summed E-state index contributed by atoms with van der Waals surface area (Å²) in [5.41, 5.74) is 12.7. The molecule has 4 aromatic rings. The number of rotatable bonds is 5. The van der Waals surface area contributed by atoms with E-state index in [0.29, 0.717) is 0 Å². The van der Waals surface area contributed by atoms with Crippen molar-refractivity contribution in [1.82, 2.24) is 0 Å². The number of hydrogen-bond acceptors (Lipinski definition) is 0. The third-order valence-corrected chi connectivity index (χ3v) is 62.3. The minimum atomic E-state index is -4.68. The van der Waals surface area contributed by atoms with E-state index < -0.39 is 21.5 Å². The van der Waals surface area contributed by atoms with Gasteiger partial charge in [0.25, 0.3) is 0 Å². The Hall–Kier alpha value is -1.00. The van der Waals surface area contributed by atoms with Crippen molar-refractivity contribution in [1.29, 1.82) is 0 Å². The van der Waals surface area contributed by atoms with Gasteiger partial charge in [-0.3, -0.25) is 0 Å². The van der Waals surface area contributed by atoms with Gasteiger partial charge in [-0.2, -0.15) is 0 Å². The van der Waals surface area contributed by atoms with Crippen LogP contribution in [0, 0.1) is 0 Å². The first-order chi connectivity index (χ1) is 19.0. The number of hydrogen-bond donors (Lipinski definition) is 0. The fraction of sp³-hybridized carbons (Fsp3) is 0.176. The van der Waals surface area contributed by atoms with E-state index in [-0.39, 0.29) is 7.25 Å². The number of allylic oxidation sites excluding steroid dienone is 2. The monoisotopic (exact) mass is 785 g/mol. The van der Waals surface area contributed by atoms with Gasteiger partial charge in [-0.15, -0.1) is 0 Å². The summed E-state index contributed by atoms with van der Waals surface area (Å²) in [6.45, 7) is 9.32. The van der Waals surface area contributed by atoms with Gasteiger partial charge in [0.1, 0.15) is 0 Å². The molecule has 0 saturated heterocycles. The molecule has 2 unspecified atom stereocenters. The number of halogens is 4. The summed E-state index contributed by atoms with van der Waals surface area (Å²) >= 11 is 2.65. The van der Waals surface area contributed by atoms with Crippen LogP contribution in [0.15, 0.2) is 105 Å². The standard InChI is InChI=1S/2C16H12Br.C2H7Si.2ClH.Zr/c2*1-11-8-12-5-3-7-15(16(12)9-11)13-4-2-6-14(17)10-13;1-3-2;;;/h2*2-10H,1H3;3H,1-2H3;2*1H;/q;;;;;+2/p-2. The first-order valence-electron chi connectivity index (χ1n) is 13.7. The van der Waals surface area contributed by atoms with Crippen molar-refractivity contribution >= 4 is 67.0 Å². The molecule has 0 bridgehead atoms. The zero-order chi connectivity index (χ0) is 28.4. The van der Waals surface area contributed by atoms with Gasteiger partial charge < -0.3 is 0 Å². The van der Waals surface area contributed by atoms with Crippen LogP contribution in [0.5, 0.6) is 0 Å². The summed E-state index contributed by atoms with van der Waals surface area (Å²) < 4.78 is 2.34. The molecule has 0 nitrogen and oxygen atoms in total. The van der Waals surface area contributed by atoms with Gasteiger partial charge in [-0.05, 0) is 0 Å². The molecular weight excluding hydrogens is 758 g/mol. The molecule has 40 heavy (non-hydrogen) atoms. The van der Waals surface area contributed by atoms with E-state index in [1.807, 2.05) is 0 Å². The molecule has 2 aliphatic carbocycles. The normalized spacial score (nSPS) is 19.1. The van der Waals surface area contributed by atoms with Crippen LogP contribution in [-0.4, -0.2) is 5.92 Å². The van der Waals surface area contributed by atoms with Crippen molar-refractivity contribution in [3.63, 3.8) is 0 Å². The third-order valence-electron chi connectivity index (χ3n) is 9.03. The maximum absolute atomic E-state index is 8.37. The fourth-order valence-corrected chi connectivity index (χ4v) is 40.9. The molecule has 2 aliphatic rings. The Balaban J connectivity index is 1.55. The van der Waals surface area contributed by atoms with E-state index in [0.717, 1.165) is 8.95 Å². The SMILES string of the molecule is CC1=Cc2c(-c3cccc(Br)c3)cccc2[CH]1[Zr]([Cl])([Cl])([CH]1C(C)=Cc2c(-c3cccc(Br)c3)cccc21)[SiH](C)C. The molecule has 203 valence electrons. The van der Waals surface area contributed by atoms with Crippen molar-refractivity contribution in [3.8, 4) is 22.3 Å². The van der Waals surface area contributed by atoms with E-state index in [4.69, 9.17) is 17.0 Å². The quantitative estimate of drug-likeness (QED) is 0.177. The summed E-state index contributed by atoms with van der Waals surface area (Å²) in [6.07, 6.45) is 4.75. The summed E-state index contributed by atoms with van der Waals surface area (Å²) in [4.78, 5) is 0. The van der Waals surface area contributed by atoms with E-state index in [1.165, 1.54) is 55.7 Å². The predicted octanol–water partition coefficient (Wildman–Crippen LogP) is 12.1. The fourth-order valence-electron chi connectivity index (χ4n) is 7.22. The Labute approximate surface area is 263 Å². The van der Waals surface area contributed by atoms with Gasteiger partial charge in [-0.1, -0.05) is 0 Å². The Bertz CT molecular complexity index is 1620. The third kappa shape index (κ3) is 4.52. The van der Waals surface area contributed by atoms with E-state index in [1.54, 1.807) is 0 Å². The Morgan fingerprint density at radius 2 is 1.02 bits per heavy atom. The Morgan fingerprint density at radius 3 is 1.40 bits per heavy atom. The first kappa shape index (κ1) is 29.1. The van der Waals surface area contributed by atoms with Crippen LogP contribution in [0.2, 0.25) is 13.1 Å². The van der Waals surface area contributed by atoms with E-state index in [9.17, 15) is 0 Å². The maximum atomic E-state index is 8.37. The average Bonchev–Trinajstić information content (AvgIpc) is 3.45. The van der Waals surface area contributed by atoms with E-state index >= 15 is 0 Å². The van der Waals surface area contributed by atoms with Crippen LogP contribution < -0.4 is 0 Å². The van der Waals surface area contributed by atoms with Crippen LogP contribution in [0.4, 0.5) is 0 Å². The number of benzene rings is 4. The van der Waals surface area contributed by atoms with Crippen molar-refractivity contribution < 1.29 is 15.6 Å². The molecular formula is C34H31Br2Cl2SiZr. The van der Waals surface area contributed by atoms with Crippen LogP contribution in [0.25, 0.3) is 34.4 Å². The second-order valence-corrected chi connectivity index (χ2v) is 56.0. The summed E-state index contributed by atoms with van der Waals surface area (Å²) in [6, 6.07) is 30.5. The zero-order valence-electron chi connectivity index (χ0n) is 23.0. The zero-order valence-corrected chi connectivity index (χ0v) is 31.3. The van der Waals surface area contributed by atoms with Gasteiger partial charge in [0.2, 0.25) is 0 Å². The Morgan fingerprint density at radius 1 is 0.625 bits per heavy atom. The molecule has 0 fully saturated rings. The molecule has 2 atom stereocenters. The van der Waals surface area contributed by atoms with Crippen LogP contribution in [0.3, 0.4) is 0 Å². The predicted molar refractivity (Wildman–Crippen MR) is 183 cm³/mol. The molecule has 0 heterocycles. The molecule has 4 aromatic carbocycles. The van der Waals surface area contributed by atoms with Gasteiger partial charge in [0, 0.05) is 0 Å². The molecule has 0 radical (unpaired) electrons. The molecule has 6 rings (SSSR count).